The highest BCUT2D eigenvalue weighted by atomic mass is 32.2. The minimum atomic E-state index is 0.168. The third-order valence-corrected chi connectivity index (χ3v) is 6.69. The van der Waals surface area contributed by atoms with Crippen LogP contribution in [0.2, 0.25) is 0 Å². The Morgan fingerprint density at radius 3 is 2.90 bits per heavy atom. The minimum absolute atomic E-state index is 0.168. The number of piperidine rings is 1. The summed E-state index contributed by atoms with van der Waals surface area (Å²) in [6.45, 7) is 7.16. The van der Waals surface area contributed by atoms with Crippen LogP contribution in [0.4, 0.5) is 0 Å². The summed E-state index contributed by atoms with van der Waals surface area (Å²) in [5.41, 5.74) is 2.23. The fraction of sp³-hybridized carbons (Fsp3) is 0.667. The first-order valence-electron chi connectivity index (χ1n) is 10.4. The minimum Gasteiger partial charge on any atom is -0.338 e. The van der Waals surface area contributed by atoms with Gasteiger partial charge in [-0.2, -0.15) is 16.7 Å². The lowest BCUT2D eigenvalue weighted by molar-refractivity contribution is 0.120. The molecule has 4 rings (SSSR count). The topological polar surface area (TPSA) is 67.4 Å². The molecule has 2 bridgehead atoms. The van der Waals surface area contributed by atoms with E-state index in [1.54, 1.807) is 0 Å². The molecule has 1 saturated heterocycles. The average molecular weight is 418 g/mol. The molecule has 0 aliphatic carbocycles. The maximum atomic E-state index is 13.2. The maximum Gasteiger partial charge on any atom is 0.255 e. The van der Waals surface area contributed by atoms with Crippen molar-refractivity contribution in [3.05, 3.63) is 45.5 Å². The molecular weight excluding hydrogens is 386 g/mol. The molecular formula is C21H31N5O2S. The van der Waals surface area contributed by atoms with Gasteiger partial charge in [-0.05, 0) is 57.4 Å². The molecule has 8 heteroatoms. The summed E-state index contributed by atoms with van der Waals surface area (Å²) >= 11 is 1.92. The second-order valence-corrected chi connectivity index (χ2v) is 9.50. The number of pyridine rings is 1. The Balaban J connectivity index is 1.45. The van der Waals surface area contributed by atoms with Gasteiger partial charge in [0.05, 0.1) is 6.54 Å². The van der Waals surface area contributed by atoms with Crippen LogP contribution >= 0.6 is 11.8 Å². The fourth-order valence-electron chi connectivity index (χ4n) is 4.81. The zero-order valence-electron chi connectivity index (χ0n) is 17.6. The predicted molar refractivity (Wildman–Crippen MR) is 115 cm³/mol. The van der Waals surface area contributed by atoms with E-state index in [4.69, 9.17) is 4.52 Å². The van der Waals surface area contributed by atoms with Gasteiger partial charge in [0.15, 0.2) is 5.82 Å². The molecule has 1 fully saturated rings. The highest BCUT2D eigenvalue weighted by molar-refractivity contribution is 7.98. The fourth-order valence-corrected chi connectivity index (χ4v) is 5.23. The molecule has 4 heterocycles. The molecule has 0 N–H and O–H groups in total. The van der Waals surface area contributed by atoms with E-state index in [-0.39, 0.29) is 5.56 Å². The molecule has 29 heavy (non-hydrogen) atoms. The average Bonchev–Trinajstić information content (AvgIpc) is 3.09. The van der Waals surface area contributed by atoms with Crippen molar-refractivity contribution in [3.63, 3.8) is 0 Å². The molecule has 2 aliphatic rings. The van der Waals surface area contributed by atoms with E-state index < -0.39 is 0 Å². The van der Waals surface area contributed by atoms with Gasteiger partial charge in [0.25, 0.3) is 5.56 Å². The Labute approximate surface area is 176 Å². The summed E-state index contributed by atoms with van der Waals surface area (Å²) in [5, 5.41) is 3.83. The van der Waals surface area contributed by atoms with Crippen molar-refractivity contribution in [2.75, 3.05) is 38.7 Å². The Morgan fingerprint density at radius 1 is 1.28 bits per heavy atom. The largest absolute Gasteiger partial charge is 0.338 e. The highest BCUT2D eigenvalue weighted by Crippen LogP contribution is 2.35. The first kappa shape index (κ1) is 20.6. The van der Waals surface area contributed by atoms with E-state index in [1.165, 1.54) is 30.8 Å². The summed E-state index contributed by atoms with van der Waals surface area (Å²) < 4.78 is 7.25. The first-order valence-corrected chi connectivity index (χ1v) is 11.8. The Kier molecular flexibility index (Phi) is 6.41. The quantitative estimate of drug-likeness (QED) is 0.611. The zero-order chi connectivity index (χ0) is 20.4. The maximum absolute atomic E-state index is 13.2. The number of nitrogens with zero attached hydrogens (tertiary/aromatic N) is 5. The van der Waals surface area contributed by atoms with Crippen LogP contribution in [0, 0.1) is 12.8 Å². The number of thioether (sulfide) groups is 1. The number of rotatable bonds is 8. The van der Waals surface area contributed by atoms with E-state index in [9.17, 15) is 4.79 Å². The third kappa shape index (κ3) is 4.75. The molecule has 2 atom stereocenters. The second-order valence-electron chi connectivity index (χ2n) is 8.51. The van der Waals surface area contributed by atoms with E-state index in [1.807, 2.05) is 36.7 Å². The second kappa shape index (κ2) is 9.02. The van der Waals surface area contributed by atoms with Crippen LogP contribution in [0.5, 0.6) is 0 Å². The van der Waals surface area contributed by atoms with Gasteiger partial charge < -0.3 is 14.0 Å². The third-order valence-electron chi connectivity index (χ3n) is 6.00. The van der Waals surface area contributed by atoms with Crippen molar-refractivity contribution >= 4 is 11.8 Å². The monoisotopic (exact) mass is 417 g/mol. The number of fused-ring (bicyclic) bond motifs is 4. The molecule has 0 spiro atoms. The molecule has 0 aromatic carbocycles. The predicted octanol–water partition coefficient (Wildman–Crippen LogP) is 2.34. The molecule has 2 aromatic heterocycles. The van der Waals surface area contributed by atoms with Crippen LogP contribution in [0.25, 0.3) is 0 Å². The summed E-state index contributed by atoms with van der Waals surface area (Å²) in [7, 11) is 1.98. The molecule has 0 amide bonds. The van der Waals surface area contributed by atoms with Crippen LogP contribution in [0.1, 0.15) is 41.7 Å². The van der Waals surface area contributed by atoms with Gasteiger partial charge in [-0.15, -0.1) is 0 Å². The number of hydrogen-bond donors (Lipinski definition) is 0. The van der Waals surface area contributed by atoms with Crippen molar-refractivity contribution in [2.24, 2.45) is 5.92 Å². The number of aryl methyl sites for hydroxylation is 1. The van der Waals surface area contributed by atoms with Crippen LogP contribution < -0.4 is 5.56 Å². The lowest BCUT2D eigenvalue weighted by Crippen LogP contribution is -2.47. The highest BCUT2D eigenvalue weighted by Gasteiger charge is 2.34. The molecule has 2 aromatic rings. The number of aromatic nitrogens is 3. The van der Waals surface area contributed by atoms with Gasteiger partial charge in [0.1, 0.15) is 0 Å². The SMILES string of the molecule is CSCCCN1C[C@@H]2C[C@H](C1)c1ccc(CN(C)Cc3nc(C)no3)c(=O)n1C2. The van der Waals surface area contributed by atoms with Crippen LogP contribution in [0.3, 0.4) is 0 Å². The molecule has 0 radical (unpaired) electrons. The van der Waals surface area contributed by atoms with Crippen molar-refractivity contribution in [1.82, 2.24) is 24.5 Å². The van der Waals surface area contributed by atoms with Crippen molar-refractivity contribution in [1.29, 1.82) is 0 Å². The lowest BCUT2D eigenvalue weighted by atomic mass is 9.83. The lowest BCUT2D eigenvalue weighted by Gasteiger charge is -2.43. The van der Waals surface area contributed by atoms with E-state index in [0.717, 1.165) is 25.2 Å². The van der Waals surface area contributed by atoms with Gasteiger partial charge in [0.2, 0.25) is 5.89 Å². The standard InChI is InChI=1S/C21H31N5O2S/c1-15-22-20(28-23-15)14-24(2)12-17-5-6-19-18-9-16(11-26(19)21(17)27)10-25(13-18)7-4-8-29-3/h5-6,16,18H,4,7-14H2,1-3H3/t16-,18+/m0/s1. The smallest absolute Gasteiger partial charge is 0.255 e. The molecule has 0 unspecified atom stereocenters. The van der Waals surface area contributed by atoms with Gasteiger partial charge >= 0.3 is 0 Å². The molecule has 158 valence electrons. The number of hydrogen-bond acceptors (Lipinski definition) is 7. The van der Waals surface area contributed by atoms with Gasteiger partial charge in [-0.3, -0.25) is 9.69 Å². The van der Waals surface area contributed by atoms with Gasteiger partial charge in [0, 0.05) is 43.4 Å². The van der Waals surface area contributed by atoms with Crippen LogP contribution in [0.15, 0.2) is 21.5 Å². The normalized spacial score (nSPS) is 21.5. The van der Waals surface area contributed by atoms with Crippen molar-refractivity contribution < 1.29 is 4.52 Å². The number of likely N-dealkylation sites (tertiary alicyclic amines) is 1. The van der Waals surface area contributed by atoms with Crippen molar-refractivity contribution in [3.8, 4) is 0 Å². The Bertz CT molecular complexity index is 895. The van der Waals surface area contributed by atoms with Gasteiger partial charge in [-0.1, -0.05) is 11.2 Å². The summed E-state index contributed by atoms with van der Waals surface area (Å²) in [6.07, 6.45) is 4.64. The van der Waals surface area contributed by atoms with Gasteiger partial charge in [-0.25, -0.2) is 0 Å². The summed E-state index contributed by atoms with van der Waals surface area (Å²) in [5.74, 6) is 3.51. The first-order chi connectivity index (χ1) is 14.0. The Morgan fingerprint density at radius 2 is 2.14 bits per heavy atom. The summed E-state index contributed by atoms with van der Waals surface area (Å²) in [4.78, 5) is 22.1. The molecule has 7 nitrogen and oxygen atoms in total. The summed E-state index contributed by atoms with van der Waals surface area (Å²) in [6, 6.07) is 4.21. The molecule has 0 saturated carbocycles. The molecule has 2 aliphatic heterocycles. The zero-order valence-corrected chi connectivity index (χ0v) is 18.5. The van der Waals surface area contributed by atoms with Crippen LogP contribution in [-0.2, 0) is 19.6 Å². The van der Waals surface area contributed by atoms with Crippen LogP contribution in [-0.4, -0.2) is 63.2 Å². The Hall–Kier alpha value is -1.64. The van der Waals surface area contributed by atoms with E-state index >= 15 is 0 Å². The van der Waals surface area contributed by atoms with E-state index in [2.05, 4.69) is 31.9 Å². The van der Waals surface area contributed by atoms with Crippen molar-refractivity contribution in [2.45, 2.75) is 45.3 Å². The van der Waals surface area contributed by atoms with E-state index in [0.29, 0.717) is 36.6 Å².